The van der Waals surface area contributed by atoms with Crippen molar-refractivity contribution in [2.45, 2.75) is 108 Å². The standard InChI is InChI=1S/C31H44O7/c1-20-13-14-35-24(16-20)11-12-27(34-4)28-19-29-31(38-29)26(32)18-22(3)15-21(2)17-25-9-5-7-23(36-25)8-6-10-30(33)37-28/h5-7,10-13,21,23-29,31-32H,3,8-9,14-19H2,1-2,4H3/b10-6-,12-11+/t21-,23-,24+,25-,26-,27-,28-,29+,31?/m0/s1. The van der Waals surface area contributed by atoms with E-state index in [1.165, 1.54) is 11.6 Å². The van der Waals surface area contributed by atoms with Gasteiger partial charge in [0.15, 0.2) is 0 Å². The van der Waals surface area contributed by atoms with Crippen molar-refractivity contribution >= 4 is 5.97 Å². The minimum atomic E-state index is -0.644. The van der Waals surface area contributed by atoms with Crippen molar-refractivity contribution in [2.24, 2.45) is 5.92 Å². The van der Waals surface area contributed by atoms with Gasteiger partial charge < -0.3 is 28.8 Å². The van der Waals surface area contributed by atoms with E-state index in [0.29, 0.717) is 31.8 Å². The van der Waals surface area contributed by atoms with Crippen LogP contribution in [0.3, 0.4) is 0 Å². The van der Waals surface area contributed by atoms with Crippen molar-refractivity contribution in [1.29, 1.82) is 0 Å². The minimum Gasteiger partial charge on any atom is -0.456 e. The van der Waals surface area contributed by atoms with Crippen LogP contribution >= 0.6 is 0 Å². The predicted molar refractivity (Wildman–Crippen MR) is 146 cm³/mol. The molecule has 210 valence electrons. The van der Waals surface area contributed by atoms with Gasteiger partial charge in [-0.05, 0) is 51.4 Å². The van der Waals surface area contributed by atoms with E-state index >= 15 is 0 Å². The largest absolute Gasteiger partial charge is 0.456 e. The maximum absolute atomic E-state index is 12.8. The average molecular weight is 529 g/mol. The van der Waals surface area contributed by atoms with Crippen molar-refractivity contribution in [3.05, 3.63) is 60.3 Å². The number of fused-ring (bicyclic) bond motifs is 3. The zero-order chi connectivity index (χ0) is 27.1. The van der Waals surface area contributed by atoms with Gasteiger partial charge in [0, 0.05) is 19.6 Å². The molecular formula is C31H44O7. The summed E-state index contributed by atoms with van der Waals surface area (Å²) < 4.78 is 29.6. The molecule has 4 aliphatic rings. The molecule has 1 unspecified atom stereocenters. The summed E-state index contributed by atoms with van der Waals surface area (Å²) in [7, 11) is 1.60. The SMILES string of the molecule is C=C1C[C@H](C)C[C@@H]2CC=C[C@@H](C/C=C\C(=O)O[C@H]([C@H](/C=C/[C@@H]3CC(C)=CCO3)OC)C[C@H]3OC3[C@@H](O)C1)O2. The number of methoxy groups -OCH3 is 1. The quantitative estimate of drug-likeness (QED) is 0.320. The Morgan fingerprint density at radius 1 is 1.16 bits per heavy atom. The molecule has 0 radical (unpaired) electrons. The van der Waals surface area contributed by atoms with E-state index in [1.54, 1.807) is 7.11 Å². The maximum atomic E-state index is 12.8. The normalized spacial score (nSPS) is 38.9. The van der Waals surface area contributed by atoms with Crippen LogP contribution in [0.2, 0.25) is 0 Å². The highest BCUT2D eigenvalue weighted by molar-refractivity contribution is 5.82. The molecule has 0 amide bonds. The summed E-state index contributed by atoms with van der Waals surface area (Å²) in [5.74, 6) is -0.0337. The van der Waals surface area contributed by atoms with Gasteiger partial charge >= 0.3 is 5.97 Å². The number of rotatable bonds is 4. The Balaban J connectivity index is 1.47. The molecule has 38 heavy (non-hydrogen) atoms. The number of cyclic esters (lactones) is 1. The molecule has 7 nitrogen and oxygen atoms in total. The van der Waals surface area contributed by atoms with Crippen molar-refractivity contribution in [3.63, 3.8) is 0 Å². The summed E-state index contributed by atoms with van der Waals surface area (Å²) in [5.41, 5.74) is 2.30. The number of epoxide rings is 1. The zero-order valence-corrected chi connectivity index (χ0v) is 23.0. The number of esters is 1. The molecule has 1 N–H and O–H groups in total. The zero-order valence-electron chi connectivity index (χ0n) is 23.0. The molecule has 4 heterocycles. The van der Waals surface area contributed by atoms with E-state index in [1.807, 2.05) is 18.2 Å². The summed E-state index contributed by atoms with van der Waals surface area (Å²) in [5, 5.41) is 10.8. The van der Waals surface area contributed by atoms with Gasteiger partial charge in [0.2, 0.25) is 0 Å². The fourth-order valence-electron chi connectivity index (χ4n) is 5.67. The van der Waals surface area contributed by atoms with E-state index in [0.717, 1.165) is 31.3 Å². The number of hydrogen-bond acceptors (Lipinski definition) is 7. The van der Waals surface area contributed by atoms with Crippen LogP contribution in [0.4, 0.5) is 0 Å². The average Bonchev–Trinajstić information content (AvgIpc) is 3.63. The van der Waals surface area contributed by atoms with E-state index in [9.17, 15) is 9.90 Å². The first-order chi connectivity index (χ1) is 18.3. The van der Waals surface area contributed by atoms with Gasteiger partial charge in [0.05, 0.1) is 37.1 Å². The predicted octanol–water partition coefficient (Wildman–Crippen LogP) is 4.76. The molecular weight excluding hydrogens is 484 g/mol. The highest BCUT2D eigenvalue weighted by atomic mass is 16.6. The topological polar surface area (TPSA) is 86.8 Å². The Kier molecular flexibility index (Phi) is 10.6. The van der Waals surface area contributed by atoms with Gasteiger partial charge in [-0.3, -0.25) is 0 Å². The lowest BCUT2D eigenvalue weighted by Crippen LogP contribution is -2.34. The molecule has 0 aromatic heterocycles. The lowest BCUT2D eigenvalue weighted by atomic mass is 9.91. The van der Waals surface area contributed by atoms with Crippen LogP contribution in [0.5, 0.6) is 0 Å². The van der Waals surface area contributed by atoms with Crippen molar-refractivity contribution in [1.82, 2.24) is 0 Å². The second-order valence-electron chi connectivity index (χ2n) is 11.2. The van der Waals surface area contributed by atoms with Gasteiger partial charge in [-0.1, -0.05) is 61.1 Å². The molecule has 0 aromatic rings. The Bertz CT molecular complexity index is 935. The van der Waals surface area contributed by atoms with Crippen molar-refractivity contribution < 1.29 is 33.6 Å². The number of ether oxygens (including phenoxy) is 5. The fourth-order valence-corrected chi connectivity index (χ4v) is 5.67. The lowest BCUT2D eigenvalue weighted by Gasteiger charge is -2.28. The van der Waals surface area contributed by atoms with Gasteiger partial charge in [-0.25, -0.2) is 4.79 Å². The second-order valence-corrected chi connectivity index (χ2v) is 11.2. The van der Waals surface area contributed by atoms with E-state index in [-0.39, 0.29) is 30.5 Å². The third-order valence-corrected chi connectivity index (χ3v) is 7.69. The van der Waals surface area contributed by atoms with Gasteiger partial charge in [-0.15, -0.1) is 0 Å². The first-order valence-electron chi connectivity index (χ1n) is 14.0. The number of carbonyl (C=O) groups excluding carboxylic acids is 1. The van der Waals surface area contributed by atoms with Crippen LogP contribution in [0.1, 0.15) is 58.8 Å². The smallest absolute Gasteiger partial charge is 0.330 e. The third-order valence-electron chi connectivity index (χ3n) is 7.69. The highest BCUT2D eigenvalue weighted by Gasteiger charge is 2.47. The summed E-state index contributed by atoms with van der Waals surface area (Å²) in [4.78, 5) is 12.8. The Labute approximate surface area is 227 Å². The first-order valence-corrected chi connectivity index (χ1v) is 14.0. The summed E-state index contributed by atoms with van der Waals surface area (Å²) in [6, 6.07) is 0. The van der Waals surface area contributed by atoms with Gasteiger partial charge in [0.1, 0.15) is 18.3 Å². The van der Waals surface area contributed by atoms with Crippen molar-refractivity contribution in [3.8, 4) is 0 Å². The lowest BCUT2D eigenvalue weighted by molar-refractivity contribution is -0.149. The summed E-state index contributed by atoms with van der Waals surface area (Å²) >= 11 is 0. The molecule has 9 atom stereocenters. The van der Waals surface area contributed by atoms with Crippen LogP contribution in [0.15, 0.2) is 60.3 Å². The van der Waals surface area contributed by atoms with Crippen LogP contribution in [0.25, 0.3) is 0 Å². The van der Waals surface area contributed by atoms with E-state index in [4.69, 9.17) is 23.7 Å². The van der Waals surface area contributed by atoms with Crippen LogP contribution in [-0.4, -0.2) is 73.6 Å². The highest BCUT2D eigenvalue weighted by Crippen LogP contribution is 2.35. The molecule has 4 rings (SSSR count). The monoisotopic (exact) mass is 528 g/mol. The molecule has 1 saturated heterocycles. The van der Waals surface area contributed by atoms with E-state index < -0.39 is 24.3 Å². The molecule has 0 aliphatic carbocycles. The molecule has 0 aromatic carbocycles. The number of hydrogen-bond donors (Lipinski definition) is 1. The second kappa shape index (κ2) is 13.9. The van der Waals surface area contributed by atoms with Gasteiger partial charge in [0.25, 0.3) is 0 Å². The molecule has 7 heteroatoms. The molecule has 0 spiro atoms. The Hall–Kier alpha value is -2.03. The number of aliphatic hydroxyl groups is 1. The number of carbonyl (C=O) groups is 1. The molecule has 0 saturated carbocycles. The molecule has 1 fully saturated rings. The molecule has 2 bridgehead atoms. The van der Waals surface area contributed by atoms with Gasteiger partial charge in [-0.2, -0.15) is 0 Å². The van der Waals surface area contributed by atoms with Crippen molar-refractivity contribution in [2.75, 3.05) is 13.7 Å². The summed E-state index contributed by atoms with van der Waals surface area (Å²) in [6.45, 7) is 9.11. The van der Waals surface area contributed by atoms with Crippen LogP contribution < -0.4 is 0 Å². The minimum absolute atomic E-state index is 0.0417. The first kappa shape index (κ1) is 29.0. The van der Waals surface area contributed by atoms with Crippen LogP contribution in [0, 0.1) is 5.92 Å². The van der Waals surface area contributed by atoms with Crippen LogP contribution in [-0.2, 0) is 28.5 Å². The molecule has 4 aliphatic heterocycles. The van der Waals surface area contributed by atoms with E-state index in [2.05, 4.69) is 38.7 Å². The number of aliphatic hydroxyl groups excluding tert-OH is 1. The Morgan fingerprint density at radius 3 is 2.79 bits per heavy atom. The maximum Gasteiger partial charge on any atom is 0.330 e. The third kappa shape index (κ3) is 8.75. The fraction of sp³-hybridized carbons (Fsp3) is 0.645. The summed E-state index contributed by atoms with van der Waals surface area (Å²) in [6.07, 6.45) is 16.3. The Morgan fingerprint density at radius 2 is 2.00 bits per heavy atom.